The van der Waals surface area contributed by atoms with E-state index in [-0.39, 0.29) is 0 Å². The third-order valence-corrected chi connectivity index (χ3v) is 15.4. The highest BCUT2D eigenvalue weighted by Gasteiger charge is 2.23. The number of hydrogen-bond donors (Lipinski definition) is 0. The van der Waals surface area contributed by atoms with E-state index >= 15 is 0 Å². The number of fused-ring (bicyclic) bond motifs is 13. The van der Waals surface area contributed by atoms with Crippen LogP contribution >= 0.6 is 11.3 Å². The van der Waals surface area contributed by atoms with E-state index in [0.29, 0.717) is 28.6 Å². The van der Waals surface area contributed by atoms with E-state index < -0.39 is 0 Å². The van der Waals surface area contributed by atoms with E-state index in [1.54, 1.807) is 0 Å². The molecule has 5 heterocycles. The largest absolute Gasteiger partial charge is 0.456 e. The number of hydrogen-bond acceptors (Lipinski definition) is 6. The van der Waals surface area contributed by atoms with Crippen molar-refractivity contribution < 1.29 is 4.42 Å². The van der Waals surface area contributed by atoms with Crippen LogP contribution in [-0.4, -0.2) is 24.1 Å². The molecule has 0 atom stereocenters. The average Bonchev–Trinajstić information content (AvgIpc) is 4.20. The van der Waals surface area contributed by atoms with Crippen LogP contribution < -0.4 is 0 Å². The molecule has 15 rings (SSSR count). The quantitative estimate of drug-likeness (QED) is 0.166. The van der Waals surface area contributed by atoms with E-state index in [4.69, 9.17) is 19.4 Å². The minimum atomic E-state index is 0.463. The van der Waals surface area contributed by atoms with Gasteiger partial charge in [-0.25, -0.2) is 15.0 Å². The van der Waals surface area contributed by atoms with Gasteiger partial charge in [-0.2, -0.15) is 5.26 Å². The number of furan rings is 1. The van der Waals surface area contributed by atoms with Crippen LogP contribution in [0.4, 0.5) is 0 Å². The number of thiophene rings is 1. The minimum absolute atomic E-state index is 0.463. The molecule has 0 aliphatic rings. The maximum atomic E-state index is 11.2. The lowest BCUT2D eigenvalue weighted by molar-refractivity contribution is 0.669. The van der Waals surface area contributed by atoms with Gasteiger partial charge < -0.3 is 13.6 Å². The Labute approximate surface area is 415 Å². The van der Waals surface area contributed by atoms with E-state index in [2.05, 4.69) is 173 Å². The Morgan fingerprint density at radius 3 is 1.79 bits per heavy atom. The standard InChI is InChI=1S/C64H36N6OS/c65-37-43-34-41(63-66-62(40-24-22-39(23-25-40)38-12-2-1-3-13-38)67-64(68-63)42-27-32-57-50(35-42)46-15-6-10-20-56(46)71-57)26-30-52(43)70-53-18-8-4-14-45(53)48-29-31-55-60(61(48)70)49-17-5-9-19-54(49)69(55)44-28-33-59-51(36-44)47-16-7-11-21-58(47)72-59/h1-36H. The Hall–Kier alpha value is -9.68. The zero-order valence-electron chi connectivity index (χ0n) is 38.3. The van der Waals surface area contributed by atoms with E-state index in [1.807, 2.05) is 72.0 Å². The Kier molecular flexibility index (Phi) is 8.76. The van der Waals surface area contributed by atoms with Gasteiger partial charge in [0.05, 0.1) is 33.3 Å². The summed E-state index contributed by atoms with van der Waals surface area (Å²) in [6, 6.07) is 78.5. The molecule has 5 aromatic heterocycles. The summed E-state index contributed by atoms with van der Waals surface area (Å²) in [4.78, 5) is 15.4. The predicted molar refractivity (Wildman–Crippen MR) is 295 cm³/mol. The molecule has 0 N–H and O–H groups in total. The van der Waals surface area contributed by atoms with Gasteiger partial charge in [-0.05, 0) is 96.1 Å². The number of para-hydroxylation sites is 3. The zero-order valence-corrected chi connectivity index (χ0v) is 39.1. The van der Waals surface area contributed by atoms with Crippen molar-refractivity contribution in [2.75, 3.05) is 0 Å². The second-order valence-electron chi connectivity index (χ2n) is 18.2. The zero-order chi connectivity index (χ0) is 47.4. The maximum absolute atomic E-state index is 11.2. The summed E-state index contributed by atoms with van der Waals surface area (Å²) in [5.74, 6) is 1.51. The fraction of sp³-hybridized carbons (Fsp3) is 0. The van der Waals surface area contributed by atoms with Crippen LogP contribution in [0.3, 0.4) is 0 Å². The van der Waals surface area contributed by atoms with Gasteiger partial charge in [0.25, 0.3) is 0 Å². The van der Waals surface area contributed by atoms with Crippen LogP contribution in [0.2, 0.25) is 0 Å². The highest BCUT2D eigenvalue weighted by atomic mass is 32.1. The molecule has 0 unspecified atom stereocenters. The lowest BCUT2D eigenvalue weighted by Crippen LogP contribution is -2.02. The van der Waals surface area contributed by atoms with Gasteiger partial charge >= 0.3 is 0 Å². The van der Waals surface area contributed by atoms with Gasteiger partial charge in [-0.3, -0.25) is 0 Å². The first-order valence-electron chi connectivity index (χ1n) is 23.9. The van der Waals surface area contributed by atoms with Gasteiger partial charge in [0.2, 0.25) is 0 Å². The molecular formula is C64H36N6OS. The van der Waals surface area contributed by atoms with Gasteiger partial charge in [-0.15, -0.1) is 11.3 Å². The molecule has 10 aromatic carbocycles. The molecule has 7 nitrogen and oxygen atoms in total. The number of nitriles is 1. The van der Waals surface area contributed by atoms with Crippen LogP contribution in [-0.2, 0) is 0 Å². The summed E-state index contributed by atoms with van der Waals surface area (Å²) in [7, 11) is 0. The number of benzene rings is 10. The highest BCUT2D eigenvalue weighted by Crippen LogP contribution is 2.44. The normalized spacial score (nSPS) is 11.9. The Balaban J connectivity index is 0.926. The smallest absolute Gasteiger partial charge is 0.164 e. The summed E-state index contributed by atoms with van der Waals surface area (Å²) in [5.41, 5.74) is 12.8. The lowest BCUT2D eigenvalue weighted by Gasteiger charge is -2.13. The van der Waals surface area contributed by atoms with Gasteiger partial charge in [-0.1, -0.05) is 133 Å². The van der Waals surface area contributed by atoms with E-state index in [0.717, 1.165) is 99.2 Å². The first-order valence-corrected chi connectivity index (χ1v) is 24.7. The molecule has 0 bridgehead atoms. The minimum Gasteiger partial charge on any atom is -0.456 e. The molecule has 0 aliphatic carbocycles. The summed E-state index contributed by atoms with van der Waals surface area (Å²) in [6.45, 7) is 0. The molecule has 0 aliphatic heterocycles. The second kappa shape index (κ2) is 15.7. The molecule has 0 amide bonds. The molecular weight excluding hydrogens is 901 g/mol. The Morgan fingerprint density at radius 2 is 0.986 bits per heavy atom. The van der Waals surface area contributed by atoms with Crippen molar-refractivity contribution in [2.45, 2.75) is 0 Å². The first kappa shape index (κ1) is 40.2. The second-order valence-corrected chi connectivity index (χ2v) is 19.3. The number of rotatable bonds is 6. The third-order valence-electron chi connectivity index (χ3n) is 14.2. The van der Waals surface area contributed by atoms with Crippen LogP contribution in [0.25, 0.3) is 142 Å². The van der Waals surface area contributed by atoms with Gasteiger partial charge in [0, 0.05) is 74.9 Å². The number of nitrogens with zero attached hydrogens (tertiary/aromatic N) is 6. The maximum Gasteiger partial charge on any atom is 0.164 e. The Morgan fingerprint density at radius 1 is 0.389 bits per heavy atom. The summed E-state index contributed by atoms with van der Waals surface area (Å²) < 4.78 is 13.4. The van der Waals surface area contributed by atoms with Gasteiger partial charge in [0.1, 0.15) is 17.2 Å². The first-order chi connectivity index (χ1) is 35.6. The van der Waals surface area contributed by atoms with Crippen LogP contribution in [0.5, 0.6) is 0 Å². The predicted octanol–water partition coefficient (Wildman–Crippen LogP) is 16.9. The summed E-state index contributed by atoms with van der Waals surface area (Å²) in [5, 5.41) is 20.2. The molecule has 0 spiro atoms. The van der Waals surface area contributed by atoms with Crippen LogP contribution in [0.15, 0.2) is 223 Å². The van der Waals surface area contributed by atoms with Crippen molar-refractivity contribution in [1.29, 1.82) is 5.26 Å². The molecule has 8 heteroatoms. The number of aromatic nitrogens is 5. The average molecular weight is 937 g/mol. The highest BCUT2D eigenvalue weighted by molar-refractivity contribution is 7.25. The Bertz CT molecular complexity index is 4760. The van der Waals surface area contributed by atoms with Crippen molar-refractivity contribution in [2.24, 2.45) is 0 Å². The van der Waals surface area contributed by atoms with Crippen molar-refractivity contribution in [3.8, 4) is 62.7 Å². The van der Waals surface area contributed by atoms with E-state index in [9.17, 15) is 5.26 Å². The molecule has 0 saturated heterocycles. The summed E-state index contributed by atoms with van der Waals surface area (Å²) >= 11 is 1.83. The summed E-state index contributed by atoms with van der Waals surface area (Å²) in [6.07, 6.45) is 0. The van der Waals surface area contributed by atoms with Crippen molar-refractivity contribution in [1.82, 2.24) is 24.1 Å². The molecule has 0 radical (unpaired) electrons. The molecule has 0 saturated carbocycles. The van der Waals surface area contributed by atoms with Crippen molar-refractivity contribution in [3.05, 3.63) is 224 Å². The third kappa shape index (κ3) is 6.11. The van der Waals surface area contributed by atoms with Crippen molar-refractivity contribution in [3.63, 3.8) is 0 Å². The van der Waals surface area contributed by atoms with Crippen molar-refractivity contribution >= 4 is 97.1 Å². The van der Waals surface area contributed by atoms with Gasteiger partial charge in [0.15, 0.2) is 17.5 Å². The van der Waals surface area contributed by atoms with Crippen LogP contribution in [0.1, 0.15) is 5.56 Å². The topological polar surface area (TPSA) is 85.5 Å². The lowest BCUT2D eigenvalue weighted by atomic mass is 10.0. The molecule has 72 heavy (non-hydrogen) atoms. The SMILES string of the molecule is N#Cc1cc(-c2nc(-c3ccc(-c4ccccc4)cc3)nc(-c3ccc4oc5ccccc5c4c3)n2)ccc1-n1c2ccccc2c2ccc3c(c4ccccc4n3-c3ccc4sc5ccccc5c4c3)c21. The van der Waals surface area contributed by atoms with Crippen LogP contribution in [0, 0.1) is 11.3 Å². The molecule has 0 fully saturated rings. The van der Waals surface area contributed by atoms with E-state index in [1.165, 1.54) is 20.2 Å². The monoisotopic (exact) mass is 936 g/mol. The molecule has 15 aromatic rings. The fourth-order valence-electron chi connectivity index (χ4n) is 10.9. The molecule has 334 valence electrons. The fourth-order valence-corrected chi connectivity index (χ4v) is 12.0.